The molecule has 7 heteroatoms. The first-order chi connectivity index (χ1) is 9.62. The largest absolute Gasteiger partial charge is 0.316 e. The van der Waals surface area contributed by atoms with Crippen molar-refractivity contribution in [2.45, 2.75) is 38.3 Å². The van der Waals surface area contributed by atoms with Gasteiger partial charge in [0.2, 0.25) is 10.0 Å². The van der Waals surface area contributed by atoms with Gasteiger partial charge < -0.3 is 5.32 Å². The summed E-state index contributed by atoms with van der Waals surface area (Å²) < 4.78 is 53.7. The molecular weight excluding hydrogens is 298 g/mol. The van der Waals surface area contributed by atoms with Gasteiger partial charge >= 0.3 is 0 Å². The van der Waals surface area contributed by atoms with Gasteiger partial charge in [-0.1, -0.05) is 13.8 Å². The maximum atomic E-state index is 13.9. The Morgan fingerprint density at radius 1 is 1.24 bits per heavy atom. The Morgan fingerprint density at radius 3 is 2.29 bits per heavy atom. The number of benzene rings is 1. The van der Waals surface area contributed by atoms with Gasteiger partial charge in [0.15, 0.2) is 11.6 Å². The number of hydrogen-bond acceptors (Lipinski definition) is 3. The van der Waals surface area contributed by atoms with Gasteiger partial charge in [0.05, 0.1) is 0 Å². The van der Waals surface area contributed by atoms with Crippen LogP contribution >= 0.6 is 0 Å². The number of rotatable bonds is 6. The Labute approximate surface area is 125 Å². The molecule has 0 saturated carbocycles. The van der Waals surface area contributed by atoms with Crippen molar-refractivity contribution in [2.75, 3.05) is 14.1 Å². The second kappa shape index (κ2) is 6.81. The van der Waals surface area contributed by atoms with E-state index in [1.54, 1.807) is 14.0 Å². The standard InChI is InChI=1S/C14H22F2N2O2S/c1-9(2)10(3)18(5)21(19,20)13-7-11(8-17-4)6-12(15)14(13)16/h6-7,9-10,17H,8H2,1-5H3. The normalized spacial score (nSPS) is 14.0. The summed E-state index contributed by atoms with van der Waals surface area (Å²) in [4.78, 5) is -0.622. The Hall–Kier alpha value is -1.05. The van der Waals surface area contributed by atoms with E-state index in [1.165, 1.54) is 13.1 Å². The van der Waals surface area contributed by atoms with Gasteiger partial charge in [-0.15, -0.1) is 0 Å². The molecule has 0 fully saturated rings. The summed E-state index contributed by atoms with van der Waals surface area (Å²) in [5, 5.41) is 2.78. The lowest BCUT2D eigenvalue weighted by molar-refractivity contribution is 0.314. The minimum Gasteiger partial charge on any atom is -0.316 e. The lowest BCUT2D eigenvalue weighted by Crippen LogP contribution is -2.38. The zero-order chi connectivity index (χ0) is 16.4. The predicted octanol–water partition coefficient (Wildman–Crippen LogP) is 2.35. The van der Waals surface area contributed by atoms with E-state index in [0.717, 1.165) is 10.4 Å². The maximum absolute atomic E-state index is 13.9. The Morgan fingerprint density at radius 2 is 1.81 bits per heavy atom. The second-order valence-corrected chi connectivity index (χ2v) is 7.39. The van der Waals surface area contributed by atoms with E-state index in [-0.39, 0.29) is 18.5 Å². The highest BCUT2D eigenvalue weighted by Crippen LogP contribution is 2.25. The number of nitrogens with one attached hydrogen (secondary N) is 1. The first-order valence-corrected chi connectivity index (χ1v) is 8.17. The van der Waals surface area contributed by atoms with E-state index in [4.69, 9.17) is 0 Å². The van der Waals surface area contributed by atoms with Crippen molar-refractivity contribution in [3.63, 3.8) is 0 Å². The van der Waals surface area contributed by atoms with Crippen molar-refractivity contribution in [1.82, 2.24) is 9.62 Å². The number of hydrogen-bond donors (Lipinski definition) is 1. The van der Waals surface area contributed by atoms with Crippen LogP contribution in [0.1, 0.15) is 26.3 Å². The fraction of sp³-hybridized carbons (Fsp3) is 0.571. The van der Waals surface area contributed by atoms with Gasteiger partial charge in [0.25, 0.3) is 0 Å². The summed E-state index contributed by atoms with van der Waals surface area (Å²) >= 11 is 0. The quantitative estimate of drug-likeness (QED) is 0.875. The van der Waals surface area contributed by atoms with Crippen LogP contribution in [0.2, 0.25) is 0 Å². The fourth-order valence-electron chi connectivity index (χ4n) is 1.91. The molecule has 1 aromatic carbocycles. The zero-order valence-electron chi connectivity index (χ0n) is 12.9. The predicted molar refractivity (Wildman–Crippen MR) is 78.4 cm³/mol. The maximum Gasteiger partial charge on any atom is 0.246 e. The number of sulfonamides is 1. The first-order valence-electron chi connectivity index (χ1n) is 6.73. The molecule has 0 heterocycles. The molecule has 0 aromatic heterocycles. The van der Waals surface area contributed by atoms with Crippen LogP contribution in [0.25, 0.3) is 0 Å². The van der Waals surface area contributed by atoms with Crippen LogP contribution in [0, 0.1) is 17.6 Å². The Kier molecular flexibility index (Phi) is 5.83. The molecule has 1 unspecified atom stereocenters. The van der Waals surface area contributed by atoms with Gasteiger partial charge in [-0.05, 0) is 37.6 Å². The monoisotopic (exact) mass is 320 g/mol. The summed E-state index contributed by atoms with van der Waals surface area (Å²) in [6.07, 6.45) is 0. The number of halogens is 2. The van der Waals surface area contributed by atoms with E-state index in [1.807, 2.05) is 13.8 Å². The summed E-state index contributed by atoms with van der Waals surface area (Å²) in [5.74, 6) is -2.44. The molecule has 0 aliphatic carbocycles. The van der Waals surface area contributed by atoms with Gasteiger partial charge in [0.1, 0.15) is 4.90 Å². The third kappa shape index (κ3) is 3.78. The van der Waals surface area contributed by atoms with Gasteiger partial charge in [0, 0.05) is 19.6 Å². The SMILES string of the molecule is CNCc1cc(F)c(F)c(S(=O)(=O)N(C)C(C)C(C)C)c1. The zero-order valence-corrected chi connectivity index (χ0v) is 13.8. The molecule has 0 spiro atoms. The summed E-state index contributed by atoms with van der Waals surface area (Å²) in [5.41, 5.74) is 0.376. The van der Waals surface area contributed by atoms with Crippen molar-refractivity contribution < 1.29 is 17.2 Å². The van der Waals surface area contributed by atoms with Crippen LogP contribution in [-0.2, 0) is 16.6 Å². The average Bonchev–Trinajstić information content (AvgIpc) is 2.40. The molecule has 4 nitrogen and oxygen atoms in total. The molecule has 0 bridgehead atoms. The van der Waals surface area contributed by atoms with E-state index in [0.29, 0.717) is 5.56 Å². The Balaban J connectivity index is 3.37. The molecule has 1 rings (SSSR count). The van der Waals surface area contributed by atoms with E-state index in [2.05, 4.69) is 5.32 Å². The lowest BCUT2D eigenvalue weighted by atomic mass is 10.1. The third-order valence-corrected chi connectivity index (χ3v) is 5.57. The lowest BCUT2D eigenvalue weighted by Gasteiger charge is -2.27. The van der Waals surface area contributed by atoms with E-state index >= 15 is 0 Å². The van der Waals surface area contributed by atoms with Crippen LogP contribution in [0.15, 0.2) is 17.0 Å². The molecule has 0 aliphatic rings. The Bertz CT molecular complexity index is 603. The topological polar surface area (TPSA) is 49.4 Å². The number of nitrogens with zero attached hydrogens (tertiary/aromatic N) is 1. The molecule has 0 saturated heterocycles. The van der Waals surface area contributed by atoms with Crippen molar-refractivity contribution >= 4 is 10.0 Å². The van der Waals surface area contributed by atoms with Crippen LogP contribution in [0.5, 0.6) is 0 Å². The summed E-state index contributed by atoms with van der Waals surface area (Å²) in [7, 11) is -1.07. The van der Waals surface area contributed by atoms with E-state index < -0.39 is 26.6 Å². The van der Waals surface area contributed by atoms with Gasteiger partial charge in [-0.3, -0.25) is 0 Å². The van der Waals surface area contributed by atoms with Crippen molar-refractivity contribution in [3.05, 3.63) is 29.3 Å². The molecule has 0 aliphatic heterocycles. The fourth-order valence-corrected chi connectivity index (χ4v) is 3.52. The molecular formula is C14H22F2N2O2S. The van der Waals surface area contributed by atoms with Crippen molar-refractivity contribution in [1.29, 1.82) is 0 Å². The molecule has 21 heavy (non-hydrogen) atoms. The average molecular weight is 320 g/mol. The molecule has 1 N–H and O–H groups in total. The third-order valence-electron chi connectivity index (χ3n) is 3.63. The molecule has 1 aromatic rings. The van der Waals surface area contributed by atoms with Crippen LogP contribution in [0.3, 0.4) is 0 Å². The molecule has 1 atom stereocenters. The van der Waals surface area contributed by atoms with E-state index in [9.17, 15) is 17.2 Å². The minimum absolute atomic E-state index is 0.0539. The molecule has 120 valence electrons. The summed E-state index contributed by atoms with van der Waals surface area (Å²) in [6, 6.07) is 1.84. The highest BCUT2D eigenvalue weighted by molar-refractivity contribution is 7.89. The molecule has 0 radical (unpaired) electrons. The smallest absolute Gasteiger partial charge is 0.246 e. The van der Waals surface area contributed by atoms with Crippen molar-refractivity contribution in [2.24, 2.45) is 5.92 Å². The van der Waals surface area contributed by atoms with Crippen molar-refractivity contribution in [3.8, 4) is 0 Å². The highest BCUT2D eigenvalue weighted by atomic mass is 32.2. The first kappa shape index (κ1) is 18.0. The van der Waals surface area contributed by atoms with Crippen LogP contribution < -0.4 is 5.32 Å². The van der Waals surface area contributed by atoms with Crippen LogP contribution in [-0.4, -0.2) is 32.9 Å². The van der Waals surface area contributed by atoms with Gasteiger partial charge in [-0.25, -0.2) is 17.2 Å². The molecule has 0 amide bonds. The summed E-state index contributed by atoms with van der Waals surface area (Å²) in [6.45, 7) is 5.72. The minimum atomic E-state index is -4.09. The van der Waals surface area contributed by atoms with Crippen LogP contribution in [0.4, 0.5) is 8.78 Å². The second-order valence-electron chi connectivity index (χ2n) is 5.43. The van der Waals surface area contributed by atoms with Gasteiger partial charge in [-0.2, -0.15) is 4.31 Å². The highest BCUT2D eigenvalue weighted by Gasteiger charge is 2.31.